The normalized spacial score (nSPS) is 14.9. The van der Waals surface area contributed by atoms with Crippen molar-refractivity contribution >= 4 is 44.9 Å². The van der Waals surface area contributed by atoms with Gasteiger partial charge in [0, 0.05) is 40.9 Å². The topological polar surface area (TPSA) is 89.7 Å². The summed E-state index contributed by atoms with van der Waals surface area (Å²) >= 11 is 0. The molecule has 1 aliphatic carbocycles. The molecule has 0 heterocycles. The lowest BCUT2D eigenvalue weighted by Crippen LogP contribution is -2.31. The molecule has 3 N–H and O–H groups in total. The number of ether oxygens (including phenoxy) is 1. The van der Waals surface area contributed by atoms with Gasteiger partial charge in [0.25, 0.3) is 0 Å². The molecule has 5 rings (SSSR count). The minimum atomic E-state index is -0.0145. The molecule has 41 heavy (non-hydrogen) atoms. The summed E-state index contributed by atoms with van der Waals surface area (Å²) in [4.78, 5) is 12.0. The first kappa shape index (κ1) is 27.8. The van der Waals surface area contributed by atoms with Gasteiger partial charge >= 0.3 is 0 Å². The van der Waals surface area contributed by atoms with Gasteiger partial charge in [-0.3, -0.25) is 0 Å². The molecule has 0 fully saturated rings. The SMILES string of the molecule is COc1ccc(Nc2cc(C)c(/N=C3/C=CC(N(CCO)CCO)=C/C3=N\c3ccccc3)c3ccccc23)cc1. The molecule has 0 unspecified atom stereocenters. The highest BCUT2D eigenvalue weighted by molar-refractivity contribution is 6.52. The van der Waals surface area contributed by atoms with Crippen molar-refractivity contribution in [2.75, 3.05) is 38.7 Å². The van der Waals surface area contributed by atoms with Crippen LogP contribution in [0.2, 0.25) is 0 Å². The summed E-state index contributed by atoms with van der Waals surface area (Å²) in [6.07, 6.45) is 5.89. The van der Waals surface area contributed by atoms with Crippen molar-refractivity contribution in [1.29, 1.82) is 0 Å². The third-order valence-electron chi connectivity index (χ3n) is 6.88. The number of allylic oxidation sites excluding steroid dienone is 3. The first-order valence-corrected chi connectivity index (χ1v) is 13.6. The highest BCUT2D eigenvalue weighted by Crippen LogP contribution is 2.37. The number of benzene rings is 4. The van der Waals surface area contributed by atoms with Gasteiger partial charge in [-0.2, -0.15) is 0 Å². The lowest BCUT2D eigenvalue weighted by Gasteiger charge is -2.26. The summed E-state index contributed by atoms with van der Waals surface area (Å²) in [6, 6.07) is 28.0. The number of aliphatic hydroxyl groups is 2. The smallest absolute Gasteiger partial charge is 0.119 e. The molecule has 0 bridgehead atoms. The van der Waals surface area contributed by atoms with Crippen molar-refractivity contribution in [3.63, 3.8) is 0 Å². The van der Waals surface area contributed by atoms with E-state index in [9.17, 15) is 10.2 Å². The number of aryl methyl sites for hydroxylation is 1. The van der Waals surface area contributed by atoms with Crippen molar-refractivity contribution < 1.29 is 14.9 Å². The zero-order valence-electron chi connectivity index (χ0n) is 23.3. The number of aliphatic imine (C=N–C) groups is 2. The number of anilines is 2. The average molecular weight is 547 g/mol. The van der Waals surface area contributed by atoms with Crippen LogP contribution in [0.1, 0.15) is 5.56 Å². The Morgan fingerprint density at radius 2 is 1.46 bits per heavy atom. The summed E-state index contributed by atoms with van der Waals surface area (Å²) in [5.74, 6) is 0.810. The Morgan fingerprint density at radius 1 is 0.780 bits per heavy atom. The number of aliphatic hydroxyl groups excluding tert-OH is 2. The van der Waals surface area contributed by atoms with Gasteiger partial charge in [0.15, 0.2) is 0 Å². The van der Waals surface area contributed by atoms with Crippen LogP contribution in [0.4, 0.5) is 22.7 Å². The first-order chi connectivity index (χ1) is 20.1. The van der Waals surface area contributed by atoms with Crippen LogP contribution in [-0.2, 0) is 0 Å². The maximum absolute atomic E-state index is 9.57. The second-order valence-electron chi connectivity index (χ2n) is 9.66. The fourth-order valence-electron chi connectivity index (χ4n) is 4.85. The van der Waals surface area contributed by atoms with Gasteiger partial charge in [-0.25, -0.2) is 9.98 Å². The summed E-state index contributed by atoms with van der Waals surface area (Å²) in [7, 11) is 1.66. The minimum absolute atomic E-state index is 0.0145. The fraction of sp³-hybridized carbons (Fsp3) is 0.176. The van der Waals surface area contributed by atoms with Gasteiger partial charge in [0.05, 0.1) is 43.1 Å². The van der Waals surface area contributed by atoms with Crippen LogP contribution < -0.4 is 10.1 Å². The first-order valence-electron chi connectivity index (χ1n) is 13.6. The molecule has 7 heteroatoms. The zero-order valence-corrected chi connectivity index (χ0v) is 23.3. The maximum Gasteiger partial charge on any atom is 0.119 e. The standard InChI is InChI=1S/C34H34N4O3/c1-24-22-32(35-26-12-15-28(41-2)16-13-26)29-10-6-7-11-30(29)34(24)37-31-17-14-27(38(18-20-39)19-21-40)23-33(31)36-25-8-4-3-5-9-25/h3-17,22-23,35,39-40H,18-21H2,1-2H3/b36-33+,37-31-. The molecule has 7 nitrogen and oxygen atoms in total. The molecular formula is C34H34N4O3. The molecule has 208 valence electrons. The second kappa shape index (κ2) is 13.1. The molecule has 4 aromatic carbocycles. The van der Waals surface area contributed by atoms with E-state index in [0.29, 0.717) is 18.8 Å². The average Bonchev–Trinajstić information content (AvgIpc) is 3.00. The summed E-state index contributed by atoms with van der Waals surface area (Å²) in [6.45, 7) is 2.86. The maximum atomic E-state index is 9.57. The van der Waals surface area contributed by atoms with E-state index in [2.05, 4.69) is 30.4 Å². The Morgan fingerprint density at radius 3 is 2.15 bits per heavy atom. The molecule has 0 spiro atoms. The molecule has 1 aliphatic rings. The number of nitrogens with one attached hydrogen (secondary N) is 1. The molecule has 4 aromatic rings. The van der Waals surface area contributed by atoms with Gasteiger partial charge in [-0.15, -0.1) is 0 Å². The molecule has 0 amide bonds. The van der Waals surface area contributed by atoms with E-state index in [1.54, 1.807) is 7.11 Å². The Balaban J connectivity index is 1.58. The number of nitrogens with zero attached hydrogens (tertiary/aromatic N) is 3. The van der Waals surface area contributed by atoms with Crippen molar-refractivity contribution in [1.82, 2.24) is 4.90 Å². The number of para-hydroxylation sites is 1. The van der Waals surface area contributed by atoms with Crippen LogP contribution >= 0.6 is 0 Å². The van der Waals surface area contributed by atoms with Gasteiger partial charge in [-0.05, 0) is 73.2 Å². The Labute approximate surface area is 240 Å². The number of hydrogen-bond acceptors (Lipinski definition) is 7. The zero-order chi connectivity index (χ0) is 28.6. The fourth-order valence-corrected chi connectivity index (χ4v) is 4.85. The molecule has 0 radical (unpaired) electrons. The van der Waals surface area contributed by atoms with E-state index in [4.69, 9.17) is 14.7 Å². The van der Waals surface area contributed by atoms with Crippen molar-refractivity contribution in [3.8, 4) is 5.75 Å². The summed E-state index contributed by atoms with van der Waals surface area (Å²) in [5.41, 5.74) is 6.98. The van der Waals surface area contributed by atoms with Crippen LogP contribution in [0.5, 0.6) is 5.75 Å². The largest absolute Gasteiger partial charge is 0.497 e. The van der Waals surface area contributed by atoms with Gasteiger partial charge < -0.3 is 25.2 Å². The van der Waals surface area contributed by atoms with E-state index in [1.165, 1.54) is 0 Å². The Hall–Kier alpha value is -4.72. The predicted molar refractivity (Wildman–Crippen MR) is 169 cm³/mol. The number of rotatable bonds is 10. The van der Waals surface area contributed by atoms with Crippen LogP contribution in [0, 0.1) is 6.92 Å². The van der Waals surface area contributed by atoms with Crippen LogP contribution in [0.15, 0.2) is 119 Å². The van der Waals surface area contributed by atoms with Crippen LogP contribution in [0.3, 0.4) is 0 Å². The molecule has 0 atom stereocenters. The second-order valence-corrected chi connectivity index (χ2v) is 9.66. The monoisotopic (exact) mass is 546 g/mol. The Bertz CT molecular complexity index is 1620. The number of fused-ring (bicyclic) bond motifs is 1. The van der Waals surface area contributed by atoms with Crippen molar-refractivity contribution in [3.05, 3.63) is 114 Å². The van der Waals surface area contributed by atoms with Gasteiger partial charge in [-0.1, -0.05) is 42.5 Å². The molecule has 0 saturated heterocycles. The quantitative estimate of drug-likeness (QED) is 0.198. The van der Waals surface area contributed by atoms with Crippen LogP contribution in [-0.4, -0.2) is 59.9 Å². The van der Waals surface area contributed by atoms with Crippen LogP contribution in [0.25, 0.3) is 10.8 Å². The van der Waals surface area contributed by atoms with Crippen molar-refractivity contribution in [2.24, 2.45) is 9.98 Å². The Kier molecular flexibility index (Phi) is 8.89. The van der Waals surface area contributed by atoms with Gasteiger partial charge in [0.1, 0.15) is 5.75 Å². The number of hydrogen-bond donors (Lipinski definition) is 3. The predicted octanol–water partition coefficient (Wildman–Crippen LogP) is 6.49. The summed E-state index contributed by atoms with van der Waals surface area (Å²) in [5, 5.41) is 24.8. The lowest BCUT2D eigenvalue weighted by molar-refractivity contribution is 0.192. The highest BCUT2D eigenvalue weighted by Gasteiger charge is 2.17. The number of methoxy groups -OCH3 is 1. The molecule has 0 aliphatic heterocycles. The molecule has 0 saturated carbocycles. The summed E-state index contributed by atoms with van der Waals surface area (Å²) < 4.78 is 5.30. The third kappa shape index (κ3) is 6.54. The van der Waals surface area contributed by atoms with Gasteiger partial charge in [0.2, 0.25) is 0 Å². The molecule has 0 aromatic heterocycles. The van der Waals surface area contributed by atoms with E-state index in [0.717, 1.165) is 56.2 Å². The van der Waals surface area contributed by atoms with E-state index < -0.39 is 0 Å². The van der Waals surface area contributed by atoms with E-state index in [1.807, 2.05) is 89.9 Å². The minimum Gasteiger partial charge on any atom is -0.497 e. The third-order valence-corrected chi connectivity index (χ3v) is 6.88. The highest BCUT2D eigenvalue weighted by atomic mass is 16.5. The van der Waals surface area contributed by atoms with E-state index in [-0.39, 0.29) is 13.2 Å². The van der Waals surface area contributed by atoms with E-state index >= 15 is 0 Å². The lowest BCUT2D eigenvalue weighted by atomic mass is 10.0. The molecular weight excluding hydrogens is 512 g/mol. The van der Waals surface area contributed by atoms with Crippen molar-refractivity contribution in [2.45, 2.75) is 6.92 Å².